The molecule has 2 N–H and O–H groups in total. The average Bonchev–Trinajstić information content (AvgIpc) is 2.27. The van der Waals surface area contributed by atoms with Gasteiger partial charge in [-0.05, 0) is 33.1 Å². The van der Waals surface area contributed by atoms with Crippen LogP contribution >= 0.6 is 24.0 Å². The molecule has 0 saturated carbocycles. The van der Waals surface area contributed by atoms with E-state index in [0.717, 1.165) is 25.5 Å². The summed E-state index contributed by atoms with van der Waals surface area (Å²) >= 11 is 0. The third-order valence-electron chi connectivity index (χ3n) is 2.31. The number of carbonyl (C=O) groups is 1. The van der Waals surface area contributed by atoms with Crippen molar-refractivity contribution in [3.8, 4) is 0 Å². The molecule has 0 aromatic carbocycles. The molecule has 0 unspecified atom stereocenters. The summed E-state index contributed by atoms with van der Waals surface area (Å²) in [5, 5.41) is 6.29. The van der Waals surface area contributed by atoms with E-state index in [9.17, 15) is 4.79 Å². The van der Waals surface area contributed by atoms with E-state index in [4.69, 9.17) is 4.74 Å². The van der Waals surface area contributed by atoms with Crippen LogP contribution < -0.4 is 10.6 Å². The number of rotatable bonds is 8. The van der Waals surface area contributed by atoms with Gasteiger partial charge in [0.15, 0.2) is 5.96 Å². The molecule has 0 radical (unpaired) electrons. The molecule has 20 heavy (non-hydrogen) atoms. The van der Waals surface area contributed by atoms with Crippen LogP contribution in [0, 0.1) is 5.92 Å². The van der Waals surface area contributed by atoms with E-state index in [2.05, 4.69) is 29.5 Å². The lowest BCUT2D eigenvalue weighted by Crippen LogP contribution is -2.38. The summed E-state index contributed by atoms with van der Waals surface area (Å²) in [6, 6.07) is 0. The summed E-state index contributed by atoms with van der Waals surface area (Å²) in [6.45, 7) is 12.2. The smallest absolute Gasteiger partial charge is 0.307 e. The maximum absolute atomic E-state index is 11.4. The second kappa shape index (κ2) is 13.5. The fourth-order valence-corrected chi connectivity index (χ4v) is 1.38. The summed E-state index contributed by atoms with van der Waals surface area (Å²) in [5.74, 6) is 1.23. The maximum atomic E-state index is 11.4. The molecular formula is C14H30IN3O2. The van der Waals surface area contributed by atoms with Gasteiger partial charge in [-0.25, -0.2) is 0 Å². The normalized spacial score (nSPS) is 11.2. The van der Waals surface area contributed by atoms with Crippen molar-refractivity contribution in [2.75, 3.05) is 19.6 Å². The Morgan fingerprint density at radius 2 is 1.85 bits per heavy atom. The van der Waals surface area contributed by atoms with Crippen LogP contribution in [0.4, 0.5) is 0 Å². The molecule has 0 amide bonds. The molecule has 6 heteroatoms. The van der Waals surface area contributed by atoms with Gasteiger partial charge in [0.05, 0.1) is 12.5 Å². The van der Waals surface area contributed by atoms with Gasteiger partial charge in [-0.3, -0.25) is 9.79 Å². The lowest BCUT2D eigenvalue weighted by molar-refractivity contribution is -0.147. The lowest BCUT2D eigenvalue weighted by Gasteiger charge is -2.12. The van der Waals surface area contributed by atoms with E-state index in [0.29, 0.717) is 18.9 Å². The first-order chi connectivity index (χ1) is 8.95. The first-order valence-electron chi connectivity index (χ1n) is 7.17. The number of ether oxygens (including phenoxy) is 1. The number of carbonyl (C=O) groups excluding carboxylic acids is 1. The molecule has 0 aliphatic rings. The minimum atomic E-state index is -0.180. The maximum Gasteiger partial charge on any atom is 0.307 e. The van der Waals surface area contributed by atoms with Crippen molar-refractivity contribution in [3.63, 3.8) is 0 Å². The Morgan fingerprint density at radius 1 is 1.20 bits per heavy atom. The van der Waals surface area contributed by atoms with Gasteiger partial charge < -0.3 is 15.4 Å². The largest absolute Gasteiger partial charge is 0.463 e. The van der Waals surface area contributed by atoms with Crippen molar-refractivity contribution in [2.45, 2.75) is 53.6 Å². The van der Waals surface area contributed by atoms with E-state index in [1.807, 2.05) is 20.8 Å². The number of nitrogens with one attached hydrogen (secondary N) is 2. The highest BCUT2D eigenvalue weighted by atomic mass is 127. The van der Waals surface area contributed by atoms with Crippen LogP contribution in [0.15, 0.2) is 4.99 Å². The van der Waals surface area contributed by atoms with Crippen molar-refractivity contribution in [1.82, 2.24) is 10.6 Å². The van der Waals surface area contributed by atoms with Gasteiger partial charge in [0, 0.05) is 19.6 Å². The summed E-state index contributed by atoms with van der Waals surface area (Å²) in [5.41, 5.74) is 0. The van der Waals surface area contributed by atoms with Crippen molar-refractivity contribution < 1.29 is 9.53 Å². The zero-order valence-electron chi connectivity index (χ0n) is 13.4. The molecule has 0 aliphatic heterocycles. The van der Waals surface area contributed by atoms with E-state index in [1.54, 1.807) is 0 Å². The highest BCUT2D eigenvalue weighted by Crippen LogP contribution is 1.98. The molecule has 0 saturated heterocycles. The molecule has 0 atom stereocenters. The van der Waals surface area contributed by atoms with Crippen molar-refractivity contribution in [3.05, 3.63) is 0 Å². The zero-order valence-corrected chi connectivity index (χ0v) is 15.7. The number of aliphatic imine (C=N–C) groups is 1. The molecule has 0 fully saturated rings. The minimum absolute atomic E-state index is 0. The van der Waals surface area contributed by atoms with E-state index in [1.165, 1.54) is 0 Å². The molecule has 0 spiro atoms. The van der Waals surface area contributed by atoms with Crippen molar-refractivity contribution >= 4 is 35.9 Å². The predicted octanol–water partition coefficient (Wildman–Crippen LogP) is 2.55. The molecule has 120 valence electrons. The van der Waals surface area contributed by atoms with Crippen LogP contribution in [0.25, 0.3) is 0 Å². The van der Waals surface area contributed by atoms with Crippen molar-refractivity contribution in [2.24, 2.45) is 10.9 Å². The van der Waals surface area contributed by atoms with E-state index >= 15 is 0 Å². The number of esters is 1. The summed E-state index contributed by atoms with van der Waals surface area (Å²) < 4.78 is 5.07. The molecule has 0 aromatic rings. The Morgan fingerprint density at radius 3 is 2.35 bits per heavy atom. The van der Waals surface area contributed by atoms with Gasteiger partial charge >= 0.3 is 5.97 Å². The Kier molecular flexibility index (Phi) is 14.6. The number of nitrogens with zero attached hydrogens (tertiary/aromatic N) is 1. The summed E-state index contributed by atoms with van der Waals surface area (Å²) in [4.78, 5) is 15.8. The van der Waals surface area contributed by atoms with Gasteiger partial charge in [-0.15, -0.1) is 24.0 Å². The second-order valence-electron chi connectivity index (χ2n) is 5.16. The van der Waals surface area contributed by atoms with Crippen LogP contribution in [-0.4, -0.2) is 37.7 Å². The fourth-order valence-electron chi connectivity index (χ4n) is 1.38. The lowest BCUT2D eigenvalue weighted by atomic mass is 10.1. The topological polar surface area (TPSA) is 62.7 Å². The Balaban J connectivity index is 0. The Hall–Kier alpha value is -0.530. The second-order valence-corrected chi connectivity index (χ2v) is 5.16. The predicted molar refractivity (Wildman–Crippen MR) is 94.7 cm³/mol. The Labute approximate surface area is 140 Å². The van der Waals surface area contributed by atoms with Gasteiger partial charge in [-0.2, -0.15) is 0 Å². The third kappa shape index (κ3) is 13.9. The highest BCUT2D eigenvalue weighted by molar-refractivity contribution is 14.0. The first kappa shape index (κ1) is 21.8. The molecule has 0 aliphatic carbocycles. The molecule has 5 nitrogen and oxygen atoms in total. The van der Waals surface area contributed by atoms with Crippen LogP contribution in [-0.2, 0) is 9.53 Å². The van der Waals surface area contributed by atoms with Crippen LogP contribution in [0.5, 0.6) is 0 Å². The summed E-state index contributed by atoms with van der Waals surface area (Å²) in [6.07, 6.45) is 1.36. The van der Waals surface area contributed by atoms with Crippen molar-refractivity contribution in [1.29, 1.82) is 0 Å². The highest BCUT2D eigenvalue weighted by Gasteiger charge is 2.05. The molecule has 0 bridgehead atoms. The van der Waals surface area contributed by atoms with Crippen LogP contribution in [0.1, 0.15) is 47.5 Å². The standard InChI is InChI=1S/C14H29N3O2.HI/c1-6-15-14(16-9-7-11(2)3)17-10-8-13(18)19-12(4)5;/h11-12H,6-10H2,1-5H3,(H2,15,16,17);1H. The molecule has 0 aromatic heterocycles. The molecule has 0 heterocycles. The fraction of sp³-hybridized carbons (Fsp3) is 0.857. The van der Waals surface area contributed by atoms with Crippen LogP contribution in [0.2, 0.25) is 0 Å². The van der Waals surface area contributed by atoms with Crippen LogP contribution in [0.3, 0.4) is 0 Å². The number of guanidine groups is 1. The average molecular weight is 399 g/mol. The van der Waals surface area contributed by atoms with E-state index < -0.39 is 0 Å². The van der Waals surface area contributed by atoms with Gasteiger partial charge in [0.1, 0.15) is 0 Å². The quantitative estimate of drug-likeness (QED) is 0.285. The zero-order chi connectivity index (χ0) is 14.7. The van der Waals surface area contributed by atoms with Gasteiger partial charge in [-0.1, -0.05) is 13.8 Å². The SMILES string of the molecule is CCNC(=NCCC(C)C)NCCC(=O)OC(C)C.I. The molecular weight excluding hydrogens is 369 g/mol. The van der Waals surface area contributed by atoms with Gasteiger partial charge in [0.2, 0.25) is 0 Å². The van der Waals surface area contributed by atoms with E-state index in [-0.39, 0.29) is 36.0 Å². The number of hydrogen-bond donors (Lipinski definition) is 2. The minimum Gasteiger partial charge on any atom is -0.463 e. The summed E-state index contributed by atoms with van der Waals surface area (Å²) in [7, 11) is 0. The van der Waals surface area contributed by atoms with Gasteiger partial charge in [0.25, 0.3) is 0 Å². The first-order valence-corrected chi connectivity index (χ1v) is 7.17. The number of hydrogen-bond acceptors (Lipinski definition) is 3. The number of halogens is 1. The Bertz CT molecular complexity index is 282. The third-order valence-corrected chi connectivity index (χ3v) is 2.31. The monoisotopic (exact) mass is 399 g/mol. The molecule has 0 rings (SSSR count).